The van der Waals surface area contributed by atoms with Gasteiger partial charge in [0.15, 0.2) is 0 Å². The van der Waals surface area contributed by atoms with Crippen LogP contribution in [0.25, 0.3) is 0 Å². The first kappa shape index (κ1) is 14.6. The van der Waals surface area contributed by atoms with Crippen molar-refractivity contribution in [3.05, 3.63) is 22.8 Å². The number of aromatic nitrogens is 1. The van der Waals surface area contributed by atoms with Gasteiger partial charge in [-0.3, -0.25) is 0 Å². The minimum absolute atomic E-state index is 0.748. The number of rotatable bonds is 7. The average molecular weight is 282 g/mol. The number of nitrogens with one attached hydrogen (secondary N) is 1. The Balaban J connectivity index is 1.97. The third-order valence-corrected chi connectivity index (χ3v) is 4.12. The summed E-state index contributed by atoms with van der Waals surface area (Å²) in [7, 11) is 2.12. The van der Waals surface area contributed by atoms with E-state index in [0.717, 1.165) is 48.5 Å². The number of halogens is 1. The number of anilines is 1. The molecule has 1 aliphatic rings. The first-order valence-electron chi connectivity index (χ1n) is 7.28. The van der Waals surface area contributed by atoms with E-state index in [1.165, 1.54) is 19.3 Å². The monoisotopic (exact) mass is 281 g/mol. The molecule has 106 valence electrons. The summed E-state index contributed by atoms with van der Waals surface area (Å²) in [6, 6.07) is 3.98. The fraction of sp³-hybridized carbons (Fsp3) is 0.667. The summed E-state index contributed by atoms with van der Waals surface area (Å²) in [5, 5.41) is 4.11. The second kappa shape index (κ2) is 7.11. The molecule has 0 aromatic carbocycles. The summed E-state index contributed by atoms with van der Waals surface area (Å²) in [4.78, 5) is 6.94. The van der Waals surface area contributed by atoms with E-state index >= 15 is 0 Å². The van der Waals surface area contributed by atoms with Gasteiger partial charge in [0.1, 0.15) is 5.82 Å². The van der Waals surface area contributed by atoms with Gasteiger partial charge in [-0.1, -0.05) is 24.9 Å². The van der Waals surface area contributed by atoms with Crippen molar-refractivity contribution in [2.24, 2.45) is 5.92 Å². The number of hydrogen-bond acceptors (Lipinski definition) is 3. The zero-order chi connectivity index (χ0) is 13.7. The van der Waals surface area contributed by atoms with E-state index in [-0.39, 0.29) is 0 Å². The van der Waals surface area contributed by atoms with E-state index in [1.807, 2.05) is 12.1 Å². The maximum absolute atomic E-state index is 6.20. The Morgan fingerprint density at radius 2 is 2.21 bits per heavy atom. The Bertz CT molecular complexity index is 404. The van der Waals surface area contributed by atoms with Crippen LogP contribution in [0.15, 0.2) is 12.1 Å². The lowest BCUT2D eigenvalue weighted by Crippen LogP contribution is -2.30. The highest BCUT2D eigenvalue weighted by Gasteiger charge is 2.19. The van der Waals surface area contributed by atoms with Gasteiger partial charge in [-0.25, -0.2) is 4.98 Å². The highest BCUT2D eigenvalue weighted by molar-refractivity contribution is 6.31. The van der Waals surface area contributed by atoms with Crippen molar-refractivity contribution in [3.8, 4) is 0 Å². The summed E-state index contributed by atoms with van der Waals surface area (Å²) in [6.45, 7) is 5.01. The van der Waals surface area contributed by atoms with Crippen molar-refractivity contribution in [2.75, 3.05) is 25.0 Å². The maximum atomic E-state index is 6.20. The van der Waals surface area contributed by atoms with Crippen molar-refractivity contribution in [1.82, 2.24) is 10.3 Å². The fourth-order valence-electron chi connectivity index (χ4n) is 2.35. The normalized spacial score (nSPS) is 15.3. The van der Waals surface area contributed by atoms with Gasteiger partial charge in [-0.15, -0.1) is 0 Å². The molecule has 0 bridgehead atoms. The summed E-state index contributed by atoms with van der Waals surface area (Å²) in [6.07, 6.45) is 5.24. The third kappa shape index (κ3) is 4.08. The topological polar surface area (TPSA) is 28.2 Å². The van der Waals surface area contributed by atoms with Crippen LogP contribution >= 0.6 is 11.6 Å². The Hall–Kier alpha value is -0.800. The van der Waals surface area contributed by atoms with Gasteiger partial charge in [0.05, 0.1) is 10.7 Å². The lowest BCUT2D eigenvalue weighted by molar-refractivity contribution is 0.321. The van der Waals surface area contributed by atoms with E-state index in [1.54, 1.807) is 0 Å². The van der Waals surface area contributed by atoms with E-state index < -0.39 is 0 Å². The molecule has 1 aromatic rings. The van der Waals surface area contributed by atoms with Crippen molar-refractivity contribution >= 4 is 17.4 Å². The summed E-state index contributed by atoms with van der Waals surface area (Å²) in [5.41, 5.74) is 0.952. The molecule has 1 saturated carbocycles. The molecule has 0 amide bonds. The van der Waals surface area contributed by atoms with E-state index in [9.17, 15) is 0 Å². The SMILES string of the molecule is CCCNCc1nc(N(C)CC2CCC2)ccc1Cl. The molecule has 0 radical (unpaired) electrons. The highest BCUT2D eigenvalue weighted by Crippen LogP contribution is 2.28. The van der Waals surface area contributed by atoms with Crippen LogP contribution in [0, 0.1) is 5.92 Å². The van der Waals surface area contributed by atoms with Crippen LogP contribution in [0.1, 0.15) is 38.3 Å². The zero-order valence-electron chi connectivity index (χ0n) is 12.0. The molecular weight excluding hydrogens is 258 g/mol. The van der Waals surface area contributed by atoms with Crippen molar-refractivity contribution < 1.29 is 0 Å². The van der Waals surface area contributed by atoms with Gasteiger partial charge in [0.25, 0.3) is 0 Å². The second-order valence-electron chi connectivity index (χ2n) is 5.45. The molecule has 0 saturated heterocycles. The van der Waals surface area contributed by atoms with Crippen molar-refractivity contribution in [3.63, 3.8) is 0 Å². The molecule has 0 spiro atoms. The van der Waals surface area contributed by atoms with Gasteiger partial charge in [-0.2, -0.15) is 0 Å². The van der Waals surface area contributed by atoms with Crippen LogP contribution < -0.4 is 10.2 Å². The molecule has 1 aromatic heterocycles. The average Bonchev–Trinajstić information content (AvgIpc) is 2.36. The first-order chi connectivity index (χ1) is 9.20. The molecular formula is C15H24ClN3. The van der Waals surface area contributed by atoms with E-state index in [0.29, 0.717) is 0 Å². The lowest BCUT2D eigenvalue weighted by Gasteiger charge is -2.30. The molecule has 1 N–H and O–H groups in total. The molecule has 1 heterocycles. The van der Waals surface area contributed by atoms with Crippen LogP contribution in [0.3, 0.4) is 0 Å². The molecule has 1 fully saturated rings. The van der Waals surface area contributed by atoms with Crippen LogP contribution in [0.5, 0.6) is 0 Å². The molecule has 0 aliphatic heterocycles. The Morgan fingerprint density at radius 3 is 2.84 bits per heavy atom. The third-order valence-electron chi connectivity index (χ3n) is 3.77. The Labute approximate surface area is 121 Å². The van der Waals surface area contributed by atoms with E-state index in [2.05, 4.69) is 29.2 Å². The summed E-state index contributed by atoms with van der Waals surface area (Å²) in [5.74, 6) is 1.88. The molecule has 0 unspecified atom stereocenters. The second-order valence-corrected chi connectivity index (χ2v) is 5.86. The maximum Gasteiger partial charge on any atom is 0.128 e. The predicted octanol–water partition coefficient (Wildman–Crippen LogP) is 3.47. The van der Waals surface area contributed by atoms with Crippen LogP contribution in [0.2, 0.25) is 5.02 Å². The van der Waals surface area contributed by atoms with Crippen LogP contribution in [-0.4, -0.2) is 25.1 Å². The smallest absolute Gasteiger partial charge is 0.128 e. The Kier molecular flexibility index (Phi) is 5.46. The molecule has 3 nitrogen and oxygen atoms in total. The van der Waals surface area contributed by atoms with Gasteiger partial charge < -0.3 is 10.2 Å². The molecule has 2 rings (SSSR count). The van der Waals surface area contributed by atoms with Crippen molar-refractivity contribution in [2.45, 2.75) is 39.2 Å². The van der Waals surface area contributed by atoms with Gasteiger partial charge in [0.2, 0.25) is 0 Å². The van der Waals surface area contributed by atoms with Gasteiger partial charge >= 0.3 is 0 Å². The van der Waals surface area contributed by atoms with Crippen LogP contribution in [0.4, 0.5) is 5.82 Å². The molecule has 0 atom stereocenters. The lowest BCUT2D eigenvalue weighted by atomic mass is 9.85. The zero-order valence-corrected chi connectivity index (χ0v) is 12.7. The van der Waals surface area contributed by atoms with E-state index in [4.69, 9.17) is 11.6 Å². The largest absolute Gasteiger partial charge is 0.359 e. The molecule has 4 heteroatoms. The Morgan fingerprint density at radius 1 is 1.42 bits per heavy atom. The predicted molar refractivity (Wildman–Crippen MR) is 81.9 cm³/mol. The number of nitrogens with zero attached hydrogens (tertiary/aromatic N) is 2. The quantitative estimate of drug-likeness (QED) is 0.776. The fourth-order valence-corrected chi connectivity index (χ4v) is 2.52. The first-order valence-corrected chi connectivity index (χ1v) is 7.65. The molecule has 1 aliphatic carbocycles. The summed E-state index contributed by atoms with van der Waals surface area (Å²) < 4.78 is 0. The minimum atomic E-state index is 0.748. The van der Waals surface area contributed by atoms with Crippen molar-refractivity contribution in [1.29, 1.82) is 0 Å². The molecule has 19 heavy (non-hydrogen) atoms. The number of pyridine rings is 1. The minimum Gasteiger partial charge on any atom is -0.359 e. The number of hydrogen-bond donors (Lipinski definition) is 1. The van der Waals surface area contributed by atoms with Gasteiger partial charge in [-0.05, 0) is 43.9 Å². The highest BCUT2D eigenvalue weighted by atomic mass is 35.5. The van der Waals surface area contributed by atoms with Gasteiger partial charge in [0, 0.05) is 20.1 Å². The summed E-state index contributed by atoms with van der Waals surface area (Å²) >= 11 is 6.20. The standard InChI is InChI=1S/C15H24ClN3/c1-3-9-17-10-14-13(16)7-8-15(18-14)19(2)11-12-5-4-6-12/h7-8,12,17H,3-6,9-11H2,1-2H3. The van der Waals surface area contributed by atoms with Crippen LogP contribution in [-0.2, 0) is 6.54 Å².